The Morgan fingerprint density at radius 1 is 1.45 bits per heavy atom. The third-order valence-corrected chi connectivity index (χ3v) is 3.48. The van der Waals surface area contributed by atoms with E-state index in [9.17, 15) is 4.79 Å². The molecule has 1 heterocycles. The van der Waals surface area contributed by atoms with E-state index in [1.165, 1.54) is 0 Å². The van der Waals surface area contributed by atoms with Gasteiger partial charge in [0.25, 0.3) is 0 Å². The van der Waals surface area contributed by atoms with Crippen LogP contribution in [0.1, 0.15) is 18.9 Å². The van der Waals surface area contributed by atoms with Crippen LogP contribution >= 0.6 is 0 Å². The highest BCUT2D eigenvalue weighted by atomic mass is 16.5. The molecule has 2 N–H and O–H groups in total. The number of benzene rings is 1. The number of likely N-dealkylation sites (N-methyl/N-ethyl adjacent to an activating group) is 1. The van der Waals surface area contributed by atoms with Crippen LogP contribution in [-0.4, -0.2) is 43.2 Å². The molecule has 0 radical (unpaired) electrons. The highest BCUT2D eigenvalue weighted by Crippen LogP contribution is 2.19. The van der Waals surface area contributed by atoms with Crippen molar-refractivity contribution in [3.63, 3.8) is 0 Å². The van der Waals surface area contributed by atoms with Gasteiger partial charge in [-0.05, 0) is 31.0 Å². The number of nitrogens with two attached hydrogens (primary N) is 1. The number of hydrogen-bond acceptors (Lipinski definition) is 4. The average molecular weight is 278 g/mol. The summed E-state index contributed by atoms with van der Waals surface area (Å²) in [4.78, 5) is 14.0. The number of carbonyl (C=O) groups is 1. The van der Waals surface area contributed by atoms with Gasteiger partial charge in [0.2, 0.25) is 5.91 Å². The molecule has 1 aliphatic rings. The molecule has 0 aliphatic carbocycles. The summed E-state index contributed by atoms with van der Waals surface area (Å²) in [6.45, 7) is 3.99. The number of hydrogen-bond donors (Lipinski definition) is 1. The lowest BCUT2D eigenvalue weighted by atomic mass is 9.98. The normalized spacial score (nSPS) is 21.8. The van der Waals surface area contributed by atoms with Crippen LogP contribution in [0.3, 0.4) is 0 Å². The van der Waals surface area contributed by atoms with Crippen LogP contribution in [-0.2, 0) is 16.1 Å². The van der Waals surface area contributed by atoms with E-state index in [4.69, 9.17) is 15.2 Å². The highest BCUT2D eigenvalue weighted by molar-refractivity contribution is 5.86. The molecule has 1 aromatic rings. The quantitative estimate of drug-likeness (QED) is 0.878. The first kappa shape index (κ1) is 14.8. The molecule has 1 unspecified atom stereocenters. The predicted octanol–water partition coefficient (Wildman–Crippen LogP) is 1.16. The van der Waals surface area contributed by atoms with E-state index in [1.54, 1.807) is 11.9 Å². The van der Waals surface area contributed by atoms with Gasteiger partial charge in [0.15, 0.2) is 0 Å². The highest BCUT2D eigenvalue weighted by Gasteiger charge is 2.40. The zero-order valence-corrected chi connectivity index (χ0v) is 12.1. The van der Waals surface area contributed by atoms with Crippen molar-refractivity contribution in [1.82, 2.24) is 4.90 Å². The second kappa shape index (κ2) is 6.24. The smallest absolute Gasteiger partial charge is 0.245 e. The van der Waals surface area contributed by atoms with Crippen molar-refractivity contribution >= 4 is 5.91 Å². The van der Waals surface area contributed by atoms with Gasteiger partial charge >= 0.3 is 0 Å². The molecule has 1 saturated heterocycles. The third-order valence-electron chi connectivity index (χ3n) is 3.48. The summed E-state index contributed by atoms with van der Waals surface area (Å²) in [5, 5.41) is 0. The first-order chi connectivity index (χ1) is 9.55. The standard InChI is InChI=1S/C15H22N2O3/c1-3-20-13-6-4-12(5-7-13)10-17(2)14(18)15(16)8-9-19-11-15/h4-7H,3,8-11,16H2,1-2H3. The number of ether oxygens (including phenoxy) is 2. The van der Waals surface area contributed by atoms with Crippen molar-refractivity contribution in [3.05, 3.63) is 29.8 Å². The maximum Gasteiger partial charge on any atom is 0.245 e. The zero-order chi connectivity index (χ0) is 14.6. The van der Waals surface area contributed by atoms with Gasteiger partial charge in [-0.25, -0.2) is 0 Å². The zero-order valence-electron chi connectivity index (χ0n) is 12.1. The van der Waals surface area contributed by atoms with Crippen molar-refractivity contribution < 1.29 is 14.3 Å². The molecule has 2 rings (SSSR count). The molecule has 1 fully saturated rings. The lowest BCUT2D eigenvalue weighted by Gasteiger charge is -2.27. The van der Waals surface area contributed by atoms with Crippen LogP contribution in [0, 0.1) is 0 Å². The first-order valence-electron chi connectivity index (χ1n) is 6.89. The van der Waals surface area contributed by atoms with Gasteiger partial charge in [-0.3, -0.25) is 4.79 Å². The fraction of sp³-hybridized carbons (Fsp3) is 0.533. The summed E-state index contributed by atoms with van der Waals surface area (Å²) in [5.41, 5.74) is 6.27. The Morgan fingerprint density at radius 3 is 2.70 bits per heavy atom. The van der Waals surface area contributed by atoms with Gasteiger partial charge < -0.3 is 20.1 Å². The molecular weight excluding hydrogens is 256 g/mol. The summed E-state index contributed by atoms with van der Waals surface area (Å²) in [6, 6.07) is 7.74. The minimum absolute atomic E-state index is 0.0658. The molecule has 0 saturated carbocycles. The lowest BCUT2D eigenvalue weighted by Crippen LogP contribution is -2.54. The largest absolute Gasteiger partial charge is 0.494 e. The summed E-state index contributed by atoms with van der Waals surface area (Å²) in [5.74, 6) is 0.772. The van der Waals surface area contributed by atoms with E-state index >= 15 is 0 Å². The van der Waals surface area contributed by atoms with Crippen molar-refractivity contribution in [2.45, 2.75) is 25.4 Å². The Morgan fingerprint density at radius 2 is 2.15 bits per heavy atom. The van der Waals surface area contributed by atoms with Crippen molar-refractivity contribution in [3.8, 4) is 5.75 Å². The summed E-state index contributed by atoms with van der Waals surface area (Å²) in [6.07, 6.45) is 0.583. The molecule has 110 valence electrons. The van der Waals surface area contributed by atoms with Gasteiger partial charge in [0.1, 0.15) is 11.3 Å². The van der Waals surface area contributed by atoms with Crippen molar-refractivity contribution in [2.75, 3.05) is 26.9 Å². The summed E-state index contributed by atoms with van der Waals surface area (Å²) < 4.78 is 10.6. The molecule has 1 amide bonds. The second-order valence-corrected chi connectivity index (χ2v) is 5.20. The van der Waals surface area contributed by atoms with E-state index in [1.807, 2.05) is 31.2 Å². The van der Waals surface area contributed by atoms with Crippen molar-refractivity contribution in [1.29, 1.82) is 0 Å². The molecule has 1 aliphatic heterocycles. The van der Waals surface area contributed by atoms with Gasteiger partial charge in [-0.2, -0.15) is 0 Å². The molecule has 1 atom stereocenters. The van der Waals surface area contributed by atoms with E-state index in [0.717, 1.165) is 11.3 Å². The maximum absolute atomic E-state index is 12.3. The molecule has 1 aromatic carbocycles. The van der Waals surface area contributed by atoms with E-state index < -0.39 is 5.54 Å². The monoisotopic (exact) mass is 278 g/mol. The van der Waals surface area contributed by atoms with Gasteiger partial charge in [-0.1, -0.05) is 12.1 Å². The van der Waals surface area contributed by atoms with Crippen LogP contribution in [0.4, 0.5) is 0 Å². The van der Waals surface area contributed by atoms with Crippen LogP contribution in [0.15, 0.2) is 24.3 Å². The number of amides is 1. The minimum atomic E-state index is -0.861. The van der Waals surface area contributed by atoms with Crippen LogP contribution < -0.4 is 10.5 Å². The van der Waals surface area contributed by atoms with Crippen LogP contribution in [0.5, 0.6) is 5.75 Å². The Hall–Kier alpha value is -1.59. The van der Waals surface area contributed by atoms with Crippen LogP contribution in [0.2, 0.25) is 0 Å². The molecule has 0 aromatic heterocycles. The minimum Gasteiger partial charge on any atom is -0.494 e. The lowest BCUT2D eigenvalue weighted by molar-refractivity contribution is -0.136. The Kier molecular flexibility index (Phi) is 4.62. The van der Waals surface area contributed by atoms with E-state index in [-0.39, 0.29) is 5.91 Å². The summed E-state index contributed by atoms with van der Waals surface area (Å²) >= 11 is 0. The van der Waals surface area contributed by atoms with Gasteiger partial charge in [0, 0.05) is 20.2 Å². The van der Waals surface area contributed by atoms with Gasteiger partial charge in [-0.15, -0.1) is 0 Å². The van der Waals surface area contributed by atoms with Gasteiger partial charge in [0.05, 0.1) is 13.2 Å². The first-order valence-corrected chi connectivity index (χ1v) is 6.89. The molecule has 5 heteroatoms. The molecule has 0 spiro atoms. The maximum atomic E-state index is 12.3. The third kappa shape index (κ3) is 3.29. The molecule has 20 heavy (non-hydrogen) atoms. The molecule has 0 bridgehead atoms. The Balaban J connectivity index is 1.96. The SMILES string of the molecule is CCOc1ccc(CN(C)C(=O)C2(N)CCOC2)cc1. The Labute approximate surface area is 119 Å². The summed E-state index contributed by atoms with van der Waals surface area (Å²) in [7, 11) is 1.77. The topological polar surface area (TPSA) is 64.8 Å². The second-order valence-electron chi connectivity index (χ2n) is 5.20. The molecule has 5 nitrogen and oxygen atoms in total. The number of nitrogens with zero attached hydrogens (tertiary/aromatic N) is 1. The number of rotatable bonds is 5. The average Bonchev–Trinajstić information content (AvgIpc) is 2.88. The van der Waals surface area contributed by atoms with E-state index in [0.29, 0.717) is 32.8 Å². The predicted molar refractivity (Wildman–Crippen MR) is 76.4 cm³/mol. The van der Waals surface area contributed by atoms with Crippen molar-refractivity contribution in [2.24, 2.45) is 5.73 Å². The number of carbonyl (C=O) groups excluding carboxylic acids is 1. The van der Waals surface area contributed by atoms with Crippen LogP contribution in [0.25, 0.3) is 0 Å². The fourth-order valence-electron chi connectivity index (χ4n) is 2.33. The molecular formula is C15H22N2O3. The Bertz CT molecular complexity index is 453. The van der Waals surface area contributed by atoms with E-state index in [2.05, 4.69) is 0 Å². The fourth-order valence-corrected chi connectivity index (χ4v) is 2.33.